The Morgan fingerprint density at radius 1 is 1.09 bits per heavy atom. The zero-order valence-electron chi connectivity index (χ0n) is 12.9. The number of benzene rings is 1. The van der Waals surface area contributed by atoms with E-state index in [9.17, 15) is 0 Å². The quantitative estimate of drug-likeness (QED) is 0.888. The molecule has 0 amide bonds. The lowest BCUT2D eigenvalue weighted by Crippen LogP contribution is -2.36. The highest BCUT2D eigenvalue weighted by atomic mass is 16.5. The van der Waals surface area contributed by atoms with Gasteiger partial charge in [-0.1, -0.05) is 54.8 Å². The van der Waals surface area contributed by atoms with E-state index in [4.69, 9.17) is 10.3 Å². The molecule has 3 rings (SSSR count). The van der Waals surface area contributed by atoms with E-state index in [-0.39, 0.29) is 0 Å². The number of hydrogen-bond donors (Lipinski definition) is 1. The monoisotopic (exact) mass is 300 g/mol. The molecule has 0 spiro atoms. The van der Waals surface area contributed by atoms with Crippen LogP contribution < -0.4 is 5.73 Å². The molecule has 2 N–H and O–H groups in total. The van der Waals surface area contributed by atoms with Gasteiger partial charge in [0.05, 0.1) is 13.1 Å². The van der Waals surface area contributed by atoms with Crippen molar-refractivity contribution < 1.29 is 4.52 Å². The van der Waals surface area contributed by atoms with Crippen LogP contribution in [0.25, 0.3) is 0 Å². The Morgan fingerprint density at radius 2 is 1.86 bits per heavy atom. The first-order valence-corrected chi connectivity index (χ1v) is 8.14. The molecular formula is C17H24N4O. The molecule has 1 aromatic carbocycles. The van der Waals surface area contributed by atoms with Crippen LogP contribution in [0.2, 0.25) is 0 Å². The third-order valence-electron chi connectivity index (χ3n) is 4.35. The van der Waals surface area contributed by atoms with Crippen LogP contribution in [-0.4, -0.2) is 21.1 Å². The molecule has 0 radical (unpaired) electrons. The van der Waals surface area contributed by atoms with Gasteiger partial charge in [-0.15, -0.1) is 0 Å². The van der Waals surface area contributed by atoms with E-state index in [1.165, 1.54) is 37.7 Å². The van der Waals surface area contributed by atoms with E-state index < -0.39 is 0 Å². The first-order chi connectivity index (χ1) is 10.8. The zero-order valence-corrected chi connectivity index (χ0v) is 12.9. The van der Waals surface area contributed by atoms with E-state index in [0.29, 0.717) is 18.5 Å². The van der Waals surface area contributed by atoms with Gasteiger partial charge in [0.2, 0.25) is 5.89 Å². The Balaban J connectivity index is 1.72. The van der Waals surface area contributed by atoms with Crippen molar-refractivity contribution in [2.24, 2.45) is 5.73 Å². The maximum absolute atomic E-state index is 5.55. The summed E-state index contributed by atoms with van der Waals surface area (Å²) < 4.78 is 5.14. The highest BCUT2D eigenvalue weighted by Crippen LogP contribution is 2.25. The molecule has 0 atom stereocenters. The molecule has 1 aromatic heterocycles. The summed E-state index contributed by atoms with van der Waals surface area (Å²) in [6.07, 6.45) is 6.50. The van der Waals surface area contributed by atoms with Crippen LogP contribution in [0.15, 0.2) is 34.9 Å². The fraction of sp³-hybridized carbons (Fsp3) is 0.529. The Labute approximate surface area is 131 Å². The average molecular weight is 300 g/mol. The van der Waals surface area contributed by atoms with E-state index in [1.54, 1.807) is 0 Å². The Kier molecular flexibility index (Phi) is 5.19. The van der Waals surface area contributed by atoms with Crippen molar-refractivity contribution in [1.29, 1.82) is 0 Å². The number of aromatic nitrogens is 2. The second-order valence-corrected chi connectivity index (χ2v) is 5.99. The normalized spacial score (nSPS) is 16.3. The molecule has 5 heteroatoms. The van der Waals surface area contributed by atoms with E-state index in [1.807, 2.05) is 0 Å². The average Bonchev–Trinajstić information content (AvgIpc) is 3.04. The molecule has 1 aliphatic rings. The van der Waals surface area contributed by atoms with Gasteiger partial charge < -0.3 is 10.3 Å². The van der Waals surface area contributed by atoms with E-state index in [2.05, 4.69) is 45.4 Å². The smallest absolute Gasteiger partial charge is 0.240 e. The lowest BCUT2D eigenvalue weighted by Gasteiger charge is -2.33. The van der Waals surface area contributed by atoms with E-state index >= 15 is 0 Å². The molecule has 1 saturated carbocycles. The van der Waals surface area contributed by atoms with Crippen LogP contribution >= 0.6 is 0 Å². The number of nitrogens with zero attached hydrogens (tertiary/aromatic N) is 3. The molecule has 1 heterocycles. The zero-order chi connectivity index (χ0) is 15.2. The molecule has 22 heavy (non-hydrogen) atoms. The number of nitrogens with two attached hydrogens (primary N) is 1. The van der Waals surface area contributed by atoms with Gasteiger partial charge in [0.15, 0.2) is 5.82 Å². The molecule has 118 valence electrons. The molecule has 0 aliphatic heterocycles. The van der Waals surface area contributed by atoms with Gasteiger partial charge in [-0.3, -0.25) is 4.90 Å². The summed E-state index contributed by atoms with van der Waals surface area (Å²) in [6, 6.07) is 11.2. The van der Waals surface area contributed by atoms with Crippen LogP contribution in [0.1, 0.15) is 49.4 Å². The summed E-state index contributed by atoms with van der Waals surface area (Å²) in [7, 11) is 0. The van der Waals surface area contributed by atoms with Crippen molar-refractivity contribution in [3.8, 4) is 0 Å². The third-order valence-corrected chi connectivity index (χ3v) is 4.35. The van der Waals surface area contributed by atoms with Crippen molar-refractivity contribution in [1.82, 2.24) is 15.0 Å². The summed E-state index contributed by atoms with van der Waals surface area (Å²) in [6.45, 7) is 1.95. The second kappa shape index (κ2) is 7.51. The summed E-state index contributed by atoms with van der Waals surface area (Å²) in [5.74, 6) is 1.25. The molecule has 2 aromatic rings. The van der Waals surface area contributed by atoms with Gasteiger partial charge in [0.1, 0.15) is 0 Å². The molecular weight excluding hydrogens is 276 g/mol. The summed E-state index contributed by atoms with van der Waals surface area (Å²) in [5.41, 5.74) is 6.88. The van der Waals surface area contributed by atoms with E-state index in [0.717, 1.165) is 18.9 Å². The van der Waals surface area contributed by atoms with Gasteiger partial charge in [0.25, 0.3) is 0 Å². The van der Waals surface area contributed by atoms with Gasteiger partial charge in [0, 0.05) is 12.6 Å². The SMILES string of the molecule is NCc1nc(CN(Cc2ccccc2)C2CCCCC2)no1. The lowest BCUT2D eigenvalue weighted by atomic mass is 9.94. The predicted molar refractivity (Wildman–Crippen MR) is 84.8 cm³/mol. The Bertz CT molecular complexity index is 563. The standard InChI is InChI=1S/C17H24N4O/c18-11-17-19-16(20-22-17)13-21(15-9-5-2-6-10-15)12-14-7-3-1-4-8-14/h1,3-4,7-8,15H,2,5-6,9-13,18H2. The van der Waals surface area contributed by atoms with Crippen molar-refractivity contribution >= 4 is 0 Å². The topological polar surface area (TPSA) is 68.2 Å². The maximum atomic E-state index is 5.55. The summed E-state index contributed by atoms with van der Waals surface area (Å²) >= 11 is 0. The Hall–Kier alpha value is -1.72. The van der Waals surface area contributed by atoms with Crippen molar-refractivity contribution in [2.75, 3.05) is 0 Å². The van der Waals surface area contributed by atoms with Crippen molar-refractivity contribution in [3.05, 3.63) is 47.6 Å². The van der Waals surface area contributed by atoms with Crippen LogP contribution in [0.4, 0.5) is 0 Å². The maximum Gasteiger partial charge on any atom is 0.240 e. The minimum Gasteiger partial charge on any atom is -0.338 e. The van der Waals surface area contributed by atoms with Crippen LogP contribution in [-0.2, 0) is 19.6 Å². The number of rotatable bonds is 6. The fourth-order valence-corrected chi connectivity index (χ4v) is 3.20. The highest BCUT2D eigenvalue weighted by molar-refractivity contribution is 5.14. The van der Waals surface area contributed by atoms with Crippen molar-refractivity contribution in [2.45, 2.75) is 57.8 Å². The van der Waals surface area contributed by atoms with Crippen LogP contribution in [0.5, 0.6) is 0 Å². The van der Waals surface area contributed by atoms with Crippen LogP contribution in [0.3, 0.4) is 0 Å². The summed E-state index contributed by atoms with van der Waals surface area (Å²) in [5, 5.41) is 4.06. The summed E-state index contributed by atoms with van der Waals surface area (Å²) in [4.78, 5) is 6.85. The number of hydrogen-bond acceptors (Lipinski definition) is 5. The van der Waals surface area contributed by atoms with Gasteiger partial charge in [-0.2, -0.15) is 4.98 Å². The molecule has 0 saturated heterocycles. The highest BCUT2D eigenvalue weighted by Gasteiger charge is 2.23. The predicted octanol–water partition coefficient (Wildman–Crippen LogP) is 2.86. The largest absolute Gasteiger partial charge is 0.338 e. The molecule has 1 aliphatic carbocycles. The molecule has 1 fully saturated rings. The molecule has 5 nitrogen and oxygen atoms in total. The minimum absolute atomic E-state index is 0.301. The first-order valence-electron chi connectivity index (χ1n) is 8.14. The fourth-order valence-electron chi connectivity index (χ4n) is 3.20. The van der Waals surface area contributed by atoms with Gasteiger partial charge in [-0.05, 0) is 18.4 Å². The van der Waals surface area contributed by atoms with Gasteiger partial charge in [-0.25, -0.2) is 0 Å². The first kappa shape index (κ1) is 15.2. The molecule has 0 unspecified atom stereocenters. The van der Waals surface area contributed by atoms with Crippen LogP contribution in [0, 0.1) is 0 Å². The third kappa shape index (κ3) is 3.93. The second-order valence-electron chi connectivity index (χ2n) is 5.99. The Morgan fingerprint density at radius 3 is 2.55 bits per heavy atom. The van der Waals surface area contributed by atoms with Gasteiger partial charge >= 0.3 is 0 Å². The molecule has 0 bridgehead atoms. The minimum atomic E-state index is 0.301. The van der Waals surface area contributed by atoms with Crippen molar-refractivity contribution in [3.63, 3.8) is 0 Å². The lowest BCUT2D eigenvalue weighted by molar-refractivity contribution is 0.135.